The molecule has 0 atom stereocenters. The molecular formula is C21H25ClN2O3S. The zero-order valence-corrected chi connectivity index (χ0v) is 17.8. The fourth-order valence-corrected chi connectivity index (χ4v) is 4.82. The normalized spacial score (nSPS) is 13.9. The molecule has 0 saturated carbocycles. The van der Waals surface area contributed by atoms with E-state index in [-0.39, 0.29) is 12.5 Å². The van der Waals surface area contributed by atoms with Crippen LogP contribution in [0.2, 0.25) is 5.02 Å². The van der Waals surface area contributed by atoms with Crippen LogP contribution in [0.4, 0.5) is 11.4 Å². The third-order valence-corrected chi connectivity index (χ3v) is 6.66. The number of para-hydroxylation sites is 1. The van der Waals surface area contributed by atoms with Gasteiger partial charge in [-0.25, -0.2) is 8.42 Å². The van der Waals surface area contributed by atoms with Gasteiger partial charge in [-0.15, -0.1) is 0 Å². The summed E-state index contributed by atoms with van der Waals surface area (Å²) in [5.74, 6) is 0.0309. The Morgan fingerprint density at radius 3 is 2.68 bits per heavy atom. The molecule has 1 amide bonds. The van der Waals surface area contributed by atoms with Crippen molar-refractivity contribution in [2.45, 2.75) is 32.6 Å². The summed E-state index contributed by atoms with van der Waals surface area (Å²) in [6.45, 7) is 2.74. The molecule has 0 aliphatic carbocycles. The van der Waals surface area contributed by atoms with Crippen LogP contribution >= 0.6 is 11.6 Å². The average Bonchev–Trinajstić information content (AvgIpc) is 2.66. The number of hydrogen-bond donors (Lipinski definition) is 0. The largest absolute Gasteiger partial charge is 0.312 e. The third-order valence-electron chi connectivity index (χ3n) is 5.07. The maximum absolute atomic E-state index is 12.8. The maximum atomic E-state index is 12.8. The summed E-state index contributed by atoms with van der Waals surface area (Å²) in [6.07, 6.45) is 3.84. The summed E-state index contributed by atoms with van der Waals surface area (Å²) < 4.78 is 26.0. The molecule has 3 rings (SSSR count). The summed E-state index contributed by atoms with van der Waals surface area (Å²) in [4.78, 5) is 14.6. The number of aryl methyl sites for hydroxylation is 1. The second-order valence-electron chi connectivity index (χ2n) is 7.10. The zero-order chi connectivity index (χ0) is 20.3. The fourth-order valence-electron chi connectivity index (χ4n) is 3.63. The van der Waals surface area contributed by atoms with Crippen LogP contribution in [0.25, 0.3) is 0 Å². The molecular weight excluding hydrogens is 396 g/mol. The number of halogens is 1. The molecule has 1 aliphatic heterocycles. The van der Waals surface area contributed by atoms with Gasteiger partial charge in [0.1, 0.15) is 0 Å². The van der Waals surface area contributed by atoms with Gasteiger partial charge in [-0.1, -0.05) is 35.9 Å². The topological polar surface area (TPSA) is 57.7 Å². The quantitative estimate of drug-likeness (QED) is 0.704. The molecule has 0 spiro atoms. The monoisotopic (exact) mass is 420 g/mol. The molecule has 7 heteroatoms. The van der Waals surface area contributed by atoms with Crippen molar-refractivity contribution in [2.75, 3.05) is 28.6 Å². The number of benzene rings is 2. The van der Waals surface area contributed by atoms with Crippen LogP contribution in [0.5, 0.6) is 0 Å². The Morgan fingerprint density at radius 2 is 1.93 bits per heavy atom. The number of rotatable bonds is 6. The van der Waals surface area contributed by atoms with E-state index in [4.69, 9.17) is 11.6 Å². The van der Waals surface area contributed by atoms with Gasteiger partial charge in [0.05, 0.1) is 11.9 Å². The van der Waals surface area contributed by atoms with Crippen LogP contribution < -0.4 is 9.21 Å². The van der Waals surface area contributed by atoms with Crippen molar-refractivity contribution in [3.8, 4) is 0 Å². The van der Waals surface area contributed by atoms with Crippen molar-refractivity contribution in [3.05, 3.63) is 58.6 Å². The summed E-state index contributed by atoms with van der Waals surface area (Å²) in [5.41, 5.74) is 3.44. The first kappa shape index (κ1) is 20.7. The molecule has 0 N–H and O–H groups in total. The minimum Gasteiger partial charge on any atom is -0.312 e. The highest BCUT2D eigenvalue weighted by Crippen LogP contribution is 2.29. The Morgan fingerprint density at radius 1 is 1.18 bits per heavy atom. The summed E-state index contributed by atoms with van der Waals surface area (Å²) in [7, 11) is -3.48. The molecule has 1 heterocycles. The molecule has 0 fully saturated rings. The second-order valence-corrected chi connectivity index (χ2v) is 9.41. The van der Waals surface area contributed by atoms with Crippen LogP contribution in [-0.4, -0.2) is 33.7 Å². The van der Waals surface area contributed by atoms with Crippen molar-refractivity contribution in [3.63, 3.8) is 0 Å². The van der Waals surface area contributed by atoms with Crippen LogP contribution in [0.15, 0.2) is 42.5 Å². The van der Waals surface area contributed by atoms with E-state index in [1.54, 1.807) is 25.1 Å². The van der Waals surface area contributed by atoms with Crippen molar-refractivity contribution in [2.24, 2.45) is 0 Å². The molecule has 0 aromatic heterocycles. The molecule has 5 nitrogen and oxygen atoms in total. The number of carbonyl (C=O) groups excluding carboxylic acids is 1. The molecule has 0 saturated heterocycles. The summed E-state index contributed by atoms with van der Waals surface area (Å²) in [5, 5.41) is 0.521. The number of anilines is 2. The predicted molar refractivity (Wildman–Crippen MR) is 115 cm³/mol. The van der Waals surface area contributed by atoms with E-state index < -0.39 is 10.0 Å². The van der Waals surface area contributed by atoms with Gasteiger partial charge >= 0.3 is 0 Å². The first-order chi connectivity index (χ1) is 13.3. The minimum atomic E-state index is -3.48. The van der Waals surface area contributed by atoms with Crippen LogP contribution in [-0.2, 0) is 21.2 Å². The van der Waals surface area contributed by atoms with Crippen LogP contribution in [0.3, 0.4) is 0 Å². The molecule has 0 bridgehead atoms. The van der Waals surface area contributed by atoms with E-state index in [1.807, 2.05) is 23.1 Å². The van der Waals surface area contributed by atoms with Gasteiger partial charge in [-0.3, -0.25) is 9.10 Å². The smallest absolute Gasteiger partial charge is 0.232 e. The Kier molecular flexibility index (Phi) is 6.30. The highest BCUT2D eigenvalue weighted by molar-refractivity contribution is 7.92. The number of sulfonamides is 1. The summed E-state index contributed by atoms with van der Waals surface area (Å²) >= 11 is 6.16. The van der Waals surface area contributed by atoms with Gasteiger partial charge < -0.3 is 4.90 Å². The van der Waals surface area contributed by atoms with E-state index in [2.05, 4.69) is 6.07 Å². The van der Waals surface area contributed by atoms with Crippen molar-refractivity contribution in [1.82, 2.24) is 0 Å². The lowest BCUT2D eigenvalue weighted by Gasteiger charge is -2.30. The van der Waals surface area contributed by atoms with E-state index in [1.165, 1.54) is 16.1 Å². The highest BCUT2D eigenvalue weighted by atomic mass is 35.5. The van der Waals surface area contributed by atoms with Crippen molar-refractivity contribution >= 4 is 38.9 Å². The van der Waals surface area contributed by atoms with Crippen molar-refractivity contribution < 1.29 is 13.2 Å². The highest BCUT2D eigenvalue weighted by Gasteiger charge is 2.24. The number of fused-ring (bicyclic) bond motifs is 1. The standard InChI is InChI=1S/C21H25ClN2O3S/c1-16-18(22)10-5-12-19(16)24(28(2,26)27)15-7-13-21(25)23-14-6-9-17-8-3-4-11-20(17)23/h3-5,8,10-12H,6-7,9,13-15H2,1-2H3. The minimum absolute atomic E-state index is 0.0309. The number of amides is 1. The third kappa shape index (κ3) is 4.50. The molecule has 150 valence electrons. The second kappa shape index (κ2) is 8.53. The number of nitrogens with zero attached hydrogens (tertiary/aromatic N) is 2. The van der Waals surface area contributed by atoms with Crippen LogP contribution in [0, 0.1) is 6.92 Å². The lowest BCUT2D eigenvalue weighted by molar-refractivity contribution is -0.118. The first-order valence-corrected chi connectivity index (χ1v) is 11.6. The SMILES string of the molecule is Cc1c(Cl)cccc1N(CCCC(=O)N1CCCc2ccccc21)S(C)(=O)=O. The van der Waals surface area contributed by atoms with E-state index >= 15 is 0 Å². The maximum Gasteiger partial charge on any atom is 0.232 e. The van der Waals surface area contributed by atoms with Gasteiger partial charge in [0, 0.05) is 30.2 Å². The van der Waals surface area contributed by atoms with Gasteiger partial charge in [-0.2, -0.15) is 0 Å². The lowest BCUT2D eigenvalue weighted by Crippen LogP contribution is -2.36. The Hall–Kier alpha value is -2.05. The number of carbonyl (C=O) groups is 1. The van der Waals surface area contributed by atoms with Gasteiger partial charge in [0.25, 0.3) is 0 Å². The molecule has 2 aromatic rings. The zero-order valence-electron chi connectivity index (χ0n) is 16.2. The van der Waals surface area contributed by atoms with Gasteiger partial charge in [-0.05, 0) is 55.5 Å². The average molecular weight is 421 g/mol. The molecule has 0 radical (unpaired) electrons. The lowest BCUT2D eigenvalue weighted by atomic mass is 10.0. The molecule has 2 aromatic carbocycles. The van der Waals surface area contributed by atoms with E-state index in [9.17, 15) is 13.2 Å². The van der Waals surface area contributed by atoms with Crippen LogP contribution in [0.1, 0.15) is 30.4 Å². The summed E-state index contributed by atoms with van der Waals surface area (Å²) in [6, 6.07) is 13.2. The van der Waals surface area contributed by atoms with Gasteiger partial charge in [0.15, 0.2) is 0 Å². The fraction of sp³-hybridized carbons (Fsp3) is 0.381. The Bertz CT molecular complexity index is 975. The Labute approximate surface area is 172 Å². The predicted octanol–water partition coefficient (Wildman–Crippen LogP) is 4.17. The van der Waals surface area contributed by atoms with Gasteiger partial charge in [0.2, 0.25) is 15.9 Å². The molecule has 28 heavy (non-hydrogen) atoms. The van der Waals surface area contributed by atoms with Crippen molar-refractivity contribution in [1.29, 1.82) is 0 Å². The van der Waals surface area contributed by atoms with E-state index in [0.29, 0.717) is 35.7 Å². The number of hydrogen-bond acceptors (Lipinski definition) is 3. The molecule has 0 unspecified atom stereocenters. The van der Waals surface area contributed by atoms with E-state index in [0.717, 1.165) is 18.5 Å². The first-order valence-electron chi connectivity index (χ1n) is 9.40. The Balaban J connectivity index is 1.70. The molecule has 1 aliphatic rings.